The number of carbonyl (C=O) groups excluding carboxylic acids is 3. The number of thiazole rings is 1. The first kappa shape index (κ1) is 29.5. The molecule has 2 aliphatic heterocycles. The van der Waals surface area contributed by atoms with E-state index >= 15 is 0 Å². The van der Waals surface area contributed by atoms with Crippen molar-refractivity contribution in [2.45, 2.75) is 29.7 Å². The van der Waals surface area contributed by atoms with E-state index in [4.69, 9.17) is 16.3 Å². The van der Waals surface area contributed by atoms with Gasteiger partial charge in [0.05, 0.1) is 23.2 Å². The minimum atomic E-state index is -0.849. The molecular formula is C30H23BrClN3O6S2. The second-order valence-corrected chi connectivity index (χ2v) is 13.3. The van der Waals surface area contributed by atoms with Crippen molar-refractivity contribution in [1.82, 2.24) is 4.57 Å². The van der Waals surface area contributed by atoms with E-state index < -0.39 is 28.9 Å². The molecule has 1 aromatic heterocycles. The molecule has 43 heavy (non-hydrogen) atoms. The predicted molar refractivity (Wildman–Crippen MR) is 170 cm³/mol. The van der Waals surface area contributed by atoms with Gasteiger partial charge in [-0.1, -0.05) is 56.7 Å². The SMILES string of the molecule is CCOc1cc(C2c3sc(=O)n(CC(=O)Nc4ccc(Cl)cc4)c3SC3C(=O)N(c4ccc(Br)cc4)C(=O)C32)ccc1O. The Hall–Kier alpha value is -3.58. The number of thioether (sulfide) groups is 1. The van der Waals surface area contributed by atoms with Crippen molar-refractivity contribution >= 4 is 79.7 Å². The van der Waals surface area contributed by atoms with Gasteiger partial charge in [-0.2, -0.15) is 0 Å². The van der Waals surface area contributed by atoms with Crippen molar-refractivity contribution < 1.29 is 24.2 Å². The van der Waals surface area contributed by atoms with Gasteiger partial charge < -0.3 is 15.2 Å². The Kier molecular flexibility index (Phi) is 8.12. The lowest BCUT2D eigenvalue weighted by atomic mass is 9.83. The molecule has 13 heteroatoms. The molecule has 220 valence electrons. The van der Waals surface area contributed by atoms with Gasteiger partial charge in [0, 0.05) is 26.0 Å². The lowest BCUT2D eigenvalue weighted by Gasteiger charge is -2.31. The number of carbonyl (C=O) groups is 3. The van der Waals surface area contributed by atoms with Gasteiger partial charge in [0.1, 0.15) is 11.8 Å². The van der Waals surface area contributed by atoms with Gasteiger partial charge in [-0.25, -0.2) is 4.90 Å². The summed E-state index contributed by atoms with van der Waals surface area (Å²) in [6.45, 7) is 1.80. The first-order valence-electron chi connectivity index (χ1n) is 13.2. The van der Waals surface area contributed by atoms with Gasteiger partial charge in [-0.05, 0) is 73.2 Å². The van der Waals surface area contributed by atoms with Crippen LogP contribution in [0.1, 0.15) is 23.3 Å². The summed E-state index contributed by atoms with van der Waals surface area (Å²) in [5.74, 6) is -2.59. The van der Waals surface area contributed by atoms with Crippen LogP contribution in [0, 0.1) is 5.92 Å². The lowest BCUT2D eigenvalue weighted by Crippen LogP contribution is -2.33. The number of fused-ring (bicyclic) bond motifs is 2. The zero-order valence-electron chi connectivity index (χ0n) is 22.5. The monoisotopic (exact) mass is 699 g/mol. The molecule has 6 rings (SSSR count). The Bertz CT molecular complexity index is 1810. The number of aromatic hydroxyl groups is 1. The second kappa shape index (κ2) is 11.8. The van der Waals surface area contributed by atoms with E-state index in [2.05, 4.69) is 21.2 Å². The van der Waals surface area contributed by atoms with E-state index in [0.29, 0.717) is 38.5 Å². The Morgan fingerprint density at radius 3 is 2.47 bits per heavy atom. The van der Waals surface area contributed by atoms with Crippen LogP contribution in [0.4, 0.5) is 11.4 Å². The zero-order valence-corrected chi connectivity index (χ0v) is 26.4. The van der Waals surface area contributed by atoms with Gasteiger partial charge in [0.2, 0.25) is 17.7 Å². The highest BCUT2D eigenvalue weighted by atomic mass is 79.9. The zero-order chi connectivity index (χ0) is 30.4. The number of hydrogen-bond donors (Lipinski definition) is 2. The predicted octanol–water partition coefficient (Wildman–Crippen LogP) is 5.86. The molecule has 2 aliphatic rings. The molecule has 0 saturated carbocycles. The Morgan fingerprint density at radius 2 is 1.77 bits per heavy atom. The third kappa shape index (κ3) is 5.48. The number of ether oxygens (including phenoxy) is 1. The van der Waals surface area contributed by atoms with Crippen molar-refractivity contribution in [2.75, 3.05) is 16.8 Å². The summed E-state index contributed by atoms with van der Waals surface area (Å²) in [4.78, 5) is 55.7. The maximum absolute atomic E-state index is 14.0. The van der Waals surface area contributed by atoms with Crippen molar-refractivity contribution in [3.05, 3.63) is 96.3 Å². The molecule has 3 atom stereocenters. The van der Waals surface area contributed by atoms with Crippen molar-refractivity contribution in [3.8, 4) is 11.5 Å². The highest BCUT2D eigenvalue weighted by Crippen LogP contribution is 2.54. The van der Waals surface area contributed by atoms with Gasteiger partial charge in [0.25, 0.3) is 0 Å². The Balaban J connectivity index is 1.43. The van der Waals surface area contributed by atoms with Gasteiger partial charge >= 0.3 is 4.87 Å². The number of halogens is 2. The van der Waals surface area contributed by atoms with Gasteiger partial charge in [0.15, 0.2) is 11.5 Å². The summed E-state index contributed by atoms with van der Waals surface area (Å²) in [5.41, 5.74) is 1.57. The third-order valence-corrected chi connectivity index (χ3v) is 10.6. The number of nitrogens with zero attached hydrogens (tertiary/aromatic N) is 2. The summed E-state index contributed by atoms with van der Waals surface area (Å²) < 4.78 is 7.77. The number of phenolic OH excluding ortho intramolecular Hbond substituents is 1. The molecule has 9 nitrogen and oxygen atoms in total. The first-order valence-corrected chi connectivity index (χ1v) is 16.1. The number of amides is 3. The smallest absolute Gasteiger partial charge is 0.308 e. The number of aromatic nitrogens is 1. The molecule has 3 aromatic carbocycles. The quantitative estimate of drug-likeness (QED) is 0.232. The topological polar surface area (TPSA) is 118 Å². The maximum atomic E-state index is 14.0. The lowest BCUT2D eigenvalue weighted by molar-refractivity contribution is -0.122. The number of anilines is 2. The summed E-state index contributed by atoms with van der Waals surface area (Å²) in [7, 11) is 0. The average Bonchev–Trinajstić information content (AvgIpc) is 3.42. The molecule has 0 bridgehead atoms. The van der Waals surface area contributed by atoms with E-state index in [1.165, 1.54) is 15.5 Å². The fraction of sp³-hybridized carbons (Fsp3) is 0.200. The molecular weight excluding hydrogens is 678 g/mol. The number of nitrogens with one attached hydrogen (secondary N) is 1. The van der Waals surface area contributed by atoms with Crippen LogP contribution in [0.2, 0.25) is 5.02 Å². The molecule has 3 heterocycles. The summed E-state index contributed by atoms with van der Waals surface area (Å²) >= 11 is 11.4. The maximum Gasteiger partial charge on any atom is 0.308 e. The average molecular weight is 701 g/mol. The van der Waals surface area contributed by atoms with Crippen molar-refractivity contribution in [2.24, 2.45) is 5.92 Å². The molecule has 2 N–H and O–H groups in total. The van der Waals surface area contributed by atoms with Crippen LogP contribution in [0.3, 0.4) is 0 Å². The molecule has 3 unspecified atom stereocenters. The van der Waals surface area contributed by atoms with Crippen LogP contribution in [-0.2, 0) is 20.9 Å². The fourth-order valence-corrected chi connectivity index (χ4v) is 8.50. The molecule has 3 amide bonds. The minimum Gasteiger partial charge on any atom is -0.504 e. The van der Waals surface area contributed by atoms with Crippen LogP contribution in [0.15, 0.2) is 81.0 Å². The second-order valence-electron chi connectivity index (χ2n) is 9.87. The number of rotatable bonds is 7. The molecule has 1 fully saturated rings. The highest BCUT2D eigenvalue weighted by Gasteiger charge is 2.57. The van der Waals surface area contributed by atoms with Crippen LogP contribution in [0.5, 0.6) is 11.5 Å². The van der Waals surface area contributed by atoms with Gasteiger partial charge in [-0.15, -0.1) is 0 Å². The molecule has 0 spiro atoms. The number of benzene rings is 3. The first-order chi connectivity index (χ1) is 20.7. The van der Waals surface area contributed by atoms with E-state index in [1.54, 1.807) is 67.6 Å². The van der Waals surface area contributed by atoms with E-state index in [9.17, 15) is 24.3 Å². The van der Waals surface area contributed by atoms with Crippen LogP contribution in [0.25, 0.3) is 0 Å². The van der Waals surface area contributed by atoms with Crippen molar-refractivity contribution in [3.63, 3.8) is 0 Å². The van der Waals surface area contributed by atoms with Crippen LogP contribution in [-0.4, -0.2) is 39.3 Å². The molecule has 4 aromatic rings. The van der Waals surface area contributed by atoms with E-state index in [1.807, 2.05) is 0 Å². The summed E-state index contributed by atoms with van der Waals surface area (Å²) in [6, 6.07) is 18.3. The molecule has 0 aliphatic carbocycles. The number of phenols is 1. The highest BCUT2D eigenvalue weighted by molar-refractivity contribution is 9.10. The summed E-state index contributed by atoms with van der Waals surface area (Å²) in [6.07, 6.45) is 0. The number of hydrogen-bond acceptors (Lipinski definition) is 8. The van der Waals surface area contributed by atoms with E-state index in [0.717, 1.165) is 27.6 Å². The van der Waals surface area contributed by atoms with E-state index in [-0.39, 0.29) is 28.8 Å². The number of imide groups is 1. The summed E-state index contributed by atoms with van der Waals surface area (Å²) in [5, 5.41) is 13.3. The van der Waals surface area contributed by atoms with Gasteiger partial charge in [-0.3, -0.25) is 23.7 Å². The molecule has 1 saturated heterocycles. The normalized spacial score (nSPS) is 19.2. The fourth-order valence-electron chi connectivity index (χ4n) is 5.33. The Morgan fingerprint density at radius 1 is 1.05 bits per heavy atom. The Labute approximate surface area is 267 Å². The van der Waals surface area contributed by atoms with Crippen LogP contribution < -0.4 is 19.8 Å². The van der Waals surface area contributed by atoms with Crippen LogP contribution >= 0.6 is 50.6 Å². The van der Waals surface area contributed by atoms with Crippen molar-refractivity contribution in [1.29, 1.82) is 0 Å². The largest absolute Gasteiger partial charge is 0.504 e. The standard InChI is InChI=1S/C30H23BrClN3O6S2/c1-2-41-21-13-15(3-12-20(21)36)23-24-25(28(39)35(27(24)38)19-10-4-16(31)5-11-19)42-29-26(23)43-30(40)34(29)14-22(37)33-18-8-6-17(32)7-9-18/h3-13,23-25,36H,2,14H2,1H3,(H,33,37). The minimum absolute atomic E-state index is 0.0671. The molecule has 0 radical (unpaired) electrons. The third-order valence-electron chi connectivity index (χ3n) is 7.21.